The van der Waals surface area contributed by atoms with Crippen LogP contribution in [0.4, 0.5) is 0 Å². The lowest BCUT2D eigenvalue weighted by atomic mass is 10.1. The van der Waals surface area contributed by atoms with Crippen LogP contribution in [0.25, 0.3) is 10.9 Å². The van der Waals surface area contributed by atoms with Gasteiger partial charge in [-0.05, 0) is 18.4 Å². The van der Waals surface area contributed by atoms with E-state index in [1.54, 1.807) is 11.6 Å². The number of pyridine rings is 1. The van der Waals surface area contributed by atoms with Gasteiger partial charge in [-0.1, -0.05) is 32.0 Å². The average molecular weight is 272 g/mol. The van der Waals surface area contributed by atoms with Crippen molar-refractivity contribution < 1.29 is 4.79 Å². The molecule has 4 heteroatoms. The number of nitrogens with zero attached hydrogens (tertiary/aromatic N) is 1. The van der Waals surface area contributed by atoms with Crippen LogP contribution in [0, 0.1) is 5.92 Å². The van der Waals surface area contributed by atoms with Gasteiger partial charge in [0.25, 0.3) is 11.5 Å². The highest BCUT2D eigenvalue weighted by Gasteiger charge is 2.12. The second-order valence-corrected chi connectivity index (χ2v) is 5.41. The largest absolute Gasteiger partial charge is 0.352 e. The summed E-state index contributed by atoms with van der Waals surface area (Å²) in [5, 5.41) is 3.68. The summed E-state index contributed by atoms with van der Waals surface area (Å²) < 4.78 is 1.56. The number of amides is 1. The van der Waals surface area contributed by atoms with Crippen molar-refractivity contribution in [2.45, 2.75) is 20.3 Å². The molecule has 0 aliphatic rings. The van der Waals surface area contributed by atoms with Crippen molar-refractivity contribution in [3.63, 3.8) is 0 Å². The maximum Gasteiger partial charge on any atom is 0.252 e. The average Bonchev–Trinajstić information content (AvgIpc) is 2.42. The van der Waals surface area contributed by atoms with Crippen molar-refractivity contribution in [1.82, 2.24) is 9.88 Å². The fourth-order valence-corrected chi connectivity index (χ4v) is 2.17. The summed E-state index contributed by atoms with van der Waals surface area (Å²) in [6, 6.07) is 8.86. The molecule has 106 valence electrons. The molecular weight excluding hydrogens is 252 g/mol. The molecule has 0 saturated carbocycles. The molecule has 1 aromatic heterocycles. The summed E-state index contributed by atoms with van der Waals surface area (Å²) in [5.74, 6) is 0.357. The molecule has 1 aromatic carbocycles. The van der Waals surface area contributed by atoms with Crippen molar-refractivity contribution >= 4 is 16.8 Å². The molecule has 4 nitrogen and oxygen atoms in total. The van der Waals surface area contributed by atoms with Crippen molar-refractivity contribution in [1.29, 1.82) is 0 Å². The number of rotatable bonds is 4. The molecule has 2 aromatic rings. The molecule has 2 rings (SSSR count). The smallest absolute Gasteiger partial charge is 0.252 e. The molecular formula is C16H20N2O2. The molecule has 0 spiro atoms. The highest BCUT2D eigenvalue weighted by atomic mass is 16.2. The van der Waals surface area contributed by atoms with E-state index in [0.29, 0.717) is 18.0 Å². The number of aromatic nitrogens is 1. The number of benzene rings is 1. The summed E-state index contributed by atoms with van der Waals surface area (Å²) in [4.78, 5) is 24.2. The van der Waals surface area contributed by atoms with E-state index in [1.807, 2.05) is 24.3 Å². The lowest BCUT2D eigenvalue weighted by Gasteiger charge is -2.11. The van der Waals surface area contributed by atoms with Gasteiger partial charge in [-0.2, -0.15) is 0 Å². The van der Waals surface area contributed by atoms with E-state index in [9.17, 15) is 9.59 Å². The predicted molar refractivity (Wildman–Crippen MR) is 81.0 cm³/mol. The van der Waals surface area contributed by atoms with E-state index in [2.05, 4.69) is 19.2 Å². The molecule has 1 amide bonds. The number of hydrogen-bond donors (Lipinski definition) is 1. The van der Waals surface area contributed by atoms with Gasteiger partial charge in [-0.15, -0.1) is 0 Å². The Bertz CT molecular complexity index is 686. The number of fused-ring (bicyclic) bond motifs is 1. The third-order valence-electron chi connectivity index (χ3n) is 3.41. The van der Waals surface area contributed by atoms with Gasteiger partial charge in [0.15, 0.2) is 0 Å². The Hall–Kier alpha value is -2.10. The molecule has 0 bridgehead atoms. The second-order valence-electron chi connectivity index (χ2n) is 5.41. The maximum atomic E-state index is 12.2. The van der Waals surface area contributed by atoms with Crippen LogP contribution in [-0.4, -0.2) is 17.0 Å². The fraction of sp³-hybridized carbons (Fsp3) is 0.375. The van der Waals surface area contributed by atoms with Crippen molar-refractivity contribution in [3.8, 4) is 0 Å². The first kappa shape index (κ1) is 14.3. The lowest BCUT2D eigenvalue weighted by molar-refractivity contribution is 0.0953. The summed E-state index contributed by atoms with van der Waals surface area (Å²) in [5.41, 5.74) is 1.05. The number of para-hydroxylation sites is 1. The quantitative estimate of drug-likeness (QED) is 0.928. The standard InChI is InChI=1S/C16H20N2O2/c1-11(2)8-9-17-16(20)13-10-15(19)18(3)14-7-5-4-6-12(13)14/h4-7,10-11H,8-9H2,1-3H3,(H,17,20). The van der Waals surface area contributed by atoms with Crippen LogP contribution in [0.1, 0.15) is 30.6 Å². The molecule has 1 N–H and O–H groups in total. The molecule has 0 unspecified atom stereocenters. The summed E-state index contributed by atoms with van der Waals surface area (Å²) in [7, 11) is 1.71. The first-order valence-corrected chi connectivity index (χ1v) is 6.87. The van der Waals surface area contributed by atoms with E-state index in [0.717, 1.165) is 17.3 Å². The minimum Gasteiger partial charge on any atom is -0.352 e. The van der Waals surface area contributed by atoms with Gasteiger partial charge < -0.3 is 9.88 Å². The zero-order chi connectivity index (χ0) is 14.7. The monoisotopic (exact) mass is 272 g/mol. The zero-order valence-corrected chi connectivity index (χ0v) is 12.1. The third kappa shape index (κ3) is 2.90. The van der Waals surface area contributed by atoms with E-state index < -0.39 is 0 Å². The van der Waals surface area contributed by atoms with Gasteiger partial charge in [-0.25, -0.2) is 0 Å². The number of hydrogen-bond acceptors (Lipinski definition) is 2. The van der Waals surface area contributed by atoms with Crippen LogP contribution in [0.15, 0.2) is 35.1 Å². The Labute approximate surface area is 118 Å². The zero-order valence-electron chi connectivity index (χ0n) is 12.1. The predicted octanol–water partition coefficient (Wildman–Crippen LogP) is 2.31. The Morgan fingerprint density at radius 3 is 2.70 bits per heavy atom. The summed E-state index contributed by atoms with van der Waals surface area (Å²) >= 11 is 0. The minimum absolute atomic E-state index is 0.169. The highest BCUT2D eigenvalue weighted by Crippen LogP contribution is 2.16. The Kier molecular flexibility index (Phi) is 4.23. The van der Waals surface area contributed by atoms with Crippen molar-refractivity contribution in [3.05, 3.63) is 46.2 Å². The third-order valence-corrected chi connectivity index (χ3v) is 3.41. The van der Waals surface area contributed by atoms with E-state index in [4.69, 9.17) is 0 Å². The fourth-order valence-electron chi connectivity index (χ4n) is 2.17. The maximum absolute atomic E-state index is 12.2. The highest BCUT2D eigenvalue weighted by molar-refractivity contribution is 6.06. The first-order chi connectivity index (χ1) is 9.50. The van der Waals surface area contributed by atoms with Crippen LogP contribution in [0.3, 0.4) is 0 Å². The molecule has 0 aliphatic carbocycles. The lowest BCUT2D eigenvalue weighted by Crippen LogP contribution is -2.28. The van der Waals surface area contributed by atoms with Crippen LogP contribution in [-0.2, 0) is 7.05 Å². The molecule has 20 heavy (non-hydrogen) atoms. The Balaban J connectivity index is 2.37. The molecule has 0 fully saturated rings. The van der Waals surface area contributed by atoms with Crippen LogP contribution < -0.4 is 10.9 Å². The van der Waals surface area contributed by atoms with Gasteiger partial charge >= 0.3 is 0 Å². The minimum atomic E-state index is -0.181. The topological polar surface area (TPSA) is 51.1 Å². The van der Waals surface area contributed by atoms with E-state index in [-0.39, 0.29) is 11.5 Å². The molecule has 0 radical (unpaired) electrons. The van der Waals surface area contributed by atoms with Crippen molar-refractivity contribution in [2.24, 2.45) is 13.0 Å². The van der Waals surface area contributed by atoms with Crippen LogP contribution in [0.2, 0.25) is 0 Å². The van der Waals surface area contributed by atoms with Gasteiger partial charge in [0.2, 0.25) is 0 Å². The van der Waals surface area contributed by atoms with Gasteiger partial charge in [0.05, 0.1) is 11.1 Å². The first-order valence-electron chi connectivity index (χ1n) is 6.87. The Morgan fingerprint density at radius 2 is 2.00 bits per heavy atom. The Morgan fingerprint density at radius 1 is 1.30 bits per heavy atom. The SMILES string of the molecule is CC(C)CCNC(=O)c1cc(=O)n(C)c2ccccc12. The molecule has 0 aliphatic heterocycles. The van der Waals surface area contributed by atoms with E-state index in [1.165, 1.54) is 6.07 Å². The van der Waals surface area contributed by atoms with Crippen LogP contribution >= 0.6 is 0 Å². The number of aryl methyl sites for hydroxylation is 1. The number of nitrogens with one attached hydrogen (secondary N) is 1. The molecule has 0 atom stereocenters. The molecule has 0 saturated heterocycles. The number of carbonyl (C=O) groups excluding carboxylic acids is 1. The second kappa shape index (κ2) is 5.90. The van der Waals surface area contributed by atoms with Crippen LogP contribution in [0.5, 0.6) is 0 Å². The van der Waals surface area contributed by atoms with Gasteiger partial charge in [-0.3, -0.25) is 9.59 Å². The van der Waals surface area contributed by atoms with Gasteiger partial charge in [0.1, 0.15) is 0 Å². The summed E-state index contributed by atoms with van der Waals surface area (Å²) in [6.45, 7) is 4.85. The van der Waals surface area contributed by atoms with Crippen molar-refractivity contribution in [2.75, 3.05) is 6.54 Å². The van der Waals surface area contributed by atoms with Gasteiger partial charge in [0, 0.05) is 25.0 Å². The molecule has 1 heterocycles. The normalized spacial score (nSPS) is 11.0. The number of carbonyl (C=O) groups is 1. The van der Waals surface area contributed by atoms with E-state index >= 15 is 0 Å². The summed E-state index contributed by atoms with van der Waals surface area (Å²) in [6.07, 6.45) is 0.925.